The molecule has 0 heterocycles. The Kier molecular flexibility index (Phi) is 4.65. The molecule has 1 N–H and O–H groups in total. The number of fused-ring (bicyclic) bond motifs is 3. The van der Waals surface area contributed by atoms with Crippen molar-refractivity contribution < 1.29 is 19.4 Å². The van der Waals surface area contributed by atoms with E-state index in [2.05, 4.69) is 17.1 Å². The molecule has 2 aromatic rings. The lowest BCUT2D eigenvalue weighted by Gasteiger charge is -2.13. The van der Waals surface area contributed by atoms with Gasteiger partial charge in [-0.2, -0.15) is 4.99 Å². The van der Waals surface area contributed by atoms with Gasteiger partial charge in [-0.1, -0.05) is 62.4 Å². The van der Waals surface area contributed by atoms with Crippen molar-refractivity contribution in [3.63, 3.8) is 0 Å². The summed E-state index contributed by atoms with van der Waals surface area (Å²) in [6.07, 6.45) is -0.868. The Morgan fingerprint density at radius 3 is 2.04 bits per heavy atom. The highest BCUT2D eigenvalue weighted by Gasteiger charge is 2.29. The van der Waals surface area contributed by atoms with Gasteiger partial charge in [0.25, 0.3) is 0 Å². The number of carboxylic acid groups (broad SMARTS) is 1. The number of nitrogens with zero attached hydrogens (tertiary/aromatic N) is 1. The van der Waals surface area contributed by atoms with Crippen LogP contribution in [-0.2, 0) is 9.53 Å². The number of carbonyl (C=O) groups excluding carboxylic acids is 1. The molecule has 5 nitrogen and oxygen atoms in total. The molecule has 0 unspecified atom stereocenters. The van der Waals surface area contributed by atoms with Crippen LogP contribution in [0.2, 0.25) is 0 Å². The van der Waals surface area contributed by atoms with Crippen LogP contribution in [0.25, 0.3) is 11.1 Å². The zero-order valence-corrected chi connectivity index (χ0v) is 14.1. The lowest BCUT2D eigenvalue weighted by atomic mass is 9.98. The second-order valence-corrected chi connectivity index (χ2v) is 6.26. The number of hydrogen-bond acceptors (Lipinski definition) is 3. The van der Waals surface area contributed by atoms with E-state index in [1.165, 1.54) is 0 Å². The molecule has 0 aliphatic heterocycles. The minimum Gasteiger partial charge on any atom is -0.477 e. The number of ether oxygens (including phenoxy) is 1. The molecule has 0 fully saturated rings. The number of amides is 1. The lowest BCUT2D eigenvalue weighted by molar-refractivity contribution is -0.129. The first-order valence-electron chi connectivity index (χ1n) is 8.16. The number of aliphatic imine (C=N–C) groups is 1. The van der Waals surface area contributed by atoms with E-state index in [0.717, 1.165) is 22.3 Å². The Labute approximate surface area is 146 Å². The van der Waals surface area contributed by atoms with E-state index in [9.17, 15) is 9.59 Å². The summed E-state index contributed by atoms with van der Waals surface area (Å²) in [5.74, 6) is -1.64. The maximum atomic E-state index is 12.0. The average molecular weight is 337 g/mol. The number of benzene rings is 2. The van der Waals surface area contributed by atoms with Crippen molar-refractivity contribution in [2.45, 2.75) is 19.8 Å². The van der Waals surface area contributed by atoms with Crippen molar-refractivity contribution in [1.82, 2.24) is 0 Å². The smallest absolute Gasteiger partial charge is 0.434 e. The van der Waals surface area contributed by atoms with E-state index < -0.39 is 12.1 Å². The Hall–Kier alpha value is -2.95. The van der Waals surface area contributed by atoms with Crippen LogP contribution in [-0.4, -0.2) is 29.5 Å². The van der Waals surface area contributed by atoms with E-state index in [0.29, 0.717) is 0 Å². The third-order valence-corrected chi connectivity index (χ3v) is 4.31. The van der Waals surface area contributed by atoms with Gasteiger partial charge >= 0.3 is 12.1 Å². The largest absolute Gasteiger partial charge is 0.477 e. The van der Waals surface area contributed by atoms with Crippen LogP contribution in [0, 0.1) is 5.92 Å². The Morgan fingerprint density at radius 1 is 1.04 bits per heavy atom. The fourth-order valence-electron chi connectivity index (χ4n) is 3.15. The van der Waals surface area contributed by atoms with Gasteiger partial charge in [-0.25, -0.2) is 9.59 Å². The standard InChI is InChI=1S/C20H19NO4/c1-12(2)18(19(22)23)21-20(24)25-11-17-15-9-5-3-7-13(15)14-8-4-6-10-16(14)17/h3-10,12,17H,11H2,1-2H3,(H,22,23). The van der Waals surface area contributed by atoms with Crippen molar-refractivity contribution >= 4 is 17.8 Å². The minimum atomic E-state index is -1.21. The molecule has 0 radical (unpaired) electrons. The van der Waals surface area contributed by atoms with Crippen LogP contribution in [0.15, 0.2) is 53.5 Å². The van der Waals surface area contributed by atoms with Gasteiger partial charge in [0.05, 0.1) is 0 Å². The molecule has 5 heteroatoms. The molecular weight excluding hydrogens is 318 g/mol. The number of aliphatic carboxylic acids is 1. The maximum absolute atomic E-state index is 12.0. The normalized spacial score (nSPS) is 13.5. The molecule has 1 amide bonds. The Balaban J connectivity index is 1.81. The fraction of sp³-hybridized carbons (Fsp3) is 0.250. The van der Waals surface area contributed by atoms with E-state index in [-0.39, 0.29) is 24.2 Å². The molecule has 0 saturated carbocycles. The number of carbonyl (C=O) groups is 2. The monoisotopic (exact) mass is 337 g/mol. The summed E-state index contributed by atoms with van der Waals surface area (Å²) in [6, 6.07) is 16.0. The van der Waals surface area contributed by atoms with E-state index in [1.54, 1.807) is 13.8 Å². The SMILES string of the molecule is CC(C)C(=NC(=O)OCC1c2ccccc2-c2ccccc21)C(=O)O. The van der Waals surface area contributed by atoms with Crippen LogP contribution in [0.4, 0.5) is 4.79 Å². The van der Waals surface area contributed by atoms with Crippen LogP contribution < -0.4 is 0 Å². The zero-order chi connectivity index (χ0) is 18.0. The van der Waals surface area contributed by atoms with Gasteiger partial charge in [0.15, 0.2) is 0 Å². The Morgan fingerprint density at radius 2 is 1.56 bits per heavy atom. The first-order valence-corrected chi connectivity index (χ1v) is 8.16. The highest BCUT2D eigenvalue weighted by atomic mass is 16.5. The minimum absolute atomic E-state index is 0.0705. The quantitative estimate of drug-likeness (QED) is 0.852. The number of carboxylic acids is 1. The average Bonchev–Trinajstić information content (AvgIpc) is 2.91. The first kappa shape index (κ1) is 16.9. The zero-order valence-electron chi connectivity index (χ0n) is 14.1. The predicted molar refractivity (Wildman–Crippen MR) is 95.0 cm³/mol. The summed E-state index contributed by atoms with van der Waals surface area (Å²) in [7, 11) is 0. The predicted octanol–water partition coefficient (Wildman–Crippen LogP) is 4.12. The summed E-state index contributed by atoms with van der Waals surface area (Å²) < 4.78 is 5.28. The van der Waals surface area contributed by atoms with E-state index in [1.807, 2.05) is 36.4 Å². The van der Waals surface area contributed by atoms with Gasteiger partial charge < -0.3 is 9.84 Å². The molecule has 0 saturated heterocycles. The summed E-state index contributed by atoms with van der Waals surface area (Å²) in [4.78, 5) is 26.7. The van der Waals surface area contributed by atoms with Crippen LogP contribution >= 0.6 is 0 Å². The first-order chi connectivity index (χ1) is 12.0. The second kappa shape index (κ2) is 6.89. The summed E-state index contributed by atoms with van der Waals surface area (Å²) in [5, 5.41) is 9.09. The van der Waals surface area contributed by atoms with Gasteiger partial charge in [0.1, 0.15) is 12.3 Å². The summed E-state index contributed by atoms with van der Waals surface area (Å²) >= 11 is 0. The second-order valence-electron chi connectivity index (χ2n) is 6.26. The van der Waals surface area contributed by atoms with Crippen molar-refractivity contribution in [3.05, 3.63) is 59.7 Å². The third kappa shape index (κ3) is 3.31. The van der Waals surface area contributed by atoms with E-state index in [4.69, 9.17) is 9.84 Å². The van der Waals surface area contributed by atoms with Gasteiger partial charge in [0.2, 0.25) is 0 Å². The molecule has 0 atom stereocenters. The number of rotatable bonds is 4. The van der Waals surface area contributed by atoms with E-state index >= 15 is 0 Å². The van der Waals surface area contributed by atoms with Crippen LogP contribution in [0.5, 0.6) is 0 Å². The highest BCUT2D eigenvalue weighted by Crippen LogP contribution is 2.44. The maximum Gasteiger partial charge on any atom is 0.434 e. The highest BCUT2D eigenvalue weighted by molar-refractivity contribution is 6.37. The van der Waals surface area contributed by atoms with Crippen molar-refractivity contribution in [1.29, 1.82) is 0 Å². The van der Waals surface area contributed by atoms with Gasteiger partial charge in [0, 0.05) is 11.8 Å². The van der Waals surface area contributed by atoms with Crippen LogP contribution in [0.1, 0.15) is 30.9 Å². The molecule has 0 spiro atoms. The number of hydrogen-bond donors (Lipinski definition) is 1. The summed E-state index contributed by atoms with van der Waals surface area (Å²) in [6.45, 7) is 3.47. The molecule has 1 aliphatic carbocycles. The Bertz CT molecular complexity index is 809. The summed E-state index contributed by atoms with van der Waals surface area (Å²) in [5.41, 5.74) is 4.27. The molecule has 2 aromatic carbocycles. The fourth-order valence-corrected chi connectivity index (χ4v) is 3.15. The van der Waals surface area contributed by atoms with Crippen molar-refractivity contribution in [3.8, 4) is 11.1 Å². The molecule has 1 aliphatic rings. The topological polar surface area (TPSA) is 76.0 Å². The third-order valence-electron chi connectivity index (χ3n) is 4.31. The van der Waals surface area contributed by atoms with Crippen molar-refractivity contribution in [2.24, 2.45) is 10.9 Å². The lowest BCUT2D eigenvalue weighted by Crippen LogP contribution is -2.22. The molecule has 0 bridgehead atoms. The van der Waals surface area contributed by atoms with Gasteiger partial charge in [-0.05, 0) is 22.3 Å². The molecular formula is C20H19NO4. The molecule has 3 rings (SSSR count). The molecule has 0 aromatic heterocycles. The molecule has 25 heavy (non-hydrogen) atoms. The van der Waals surface area contributed by atoms with Gasteiger partial charge in [-0.15, -0.1) is 0 Å². The van der Waals surface area contributed by atoms with Crippen molar-refractivity contribution in [2.75, 3.05) is 6.61 Å². The molecule has 128 valence electrons. The van der Waals surface area contributed by atoms with Crippen LogP contribution in [0.3, 0.4) is 0 Å². The van der Waals surface area contributed by atoms with Gasteiger partial charge in [-0.3, -0.25) is 0 Å².